The number of hydrogen-bond donors (Lipinski definition) is 1. The van der Waals surface area contributed by atoms with Gasteiger partial charge in [0, 0.05) is 23.9 Å². The van der Waals surface area contributed by atoms with Gasteiger partial charge in [0.1, 0.15) is 0 Å². The summed E-state index contributed by atoms with van der Waals surface area (Å²) < 4.78 is 5.56. The monoisotopic (exact) mass is 227 g/mol. The molecule has 0 amide bonds. The van der Waals surface area contributed by atoms with Gasteiger partial charge in [0.2, 0.25) is 0 Å². The summed E-state index contributed by atoms with van der Waals surface area (Å²) in [7, 11) is 0. The lowest BCUT2D eigenvalue weighted by Gasteiger charge is -2.08. The van der Waals surface area contributed by atoms with Gasteiger partial charge in [-0.15, -0.1) is 11.3 Å². The molecule has 0 fully saturated rings. The van der Waals surface area contributed by atoms with E-state index in [0.29, 0.717) is 6.04 Å². The molecule has 1 aromatic heterocycles. The third-order valence-electron chi connectivity index (χ3n) is 2.24. The van der Waals surface area contributed by atoms with Crippen LogP contribution in [-0.4, -0.2) is 25.8 Å². The average molecular weight is 227 g/mol. The van der Waals surface area contributed by atoms with Crippen molar-refractivity contribution in [1.29, 1.82) is 0 Å². The van der Waals surface area contributed by atoms with E-state index in [1.54, 1.807) is 0 Å². The minimum atomic E-state index is 0.549. The second-order valence-electron chi connectivity index (χ2n) is 4.00. The van der Waals surface area contributed by atoms with Gasteiger partial charge in [-0.3, -0.25) is 0 Å². The summed E-state index contributed by atoms with van der Waals surface area (Å²) in [6.45, 7) is 9.04. The lowest BCUT2D eigenvalue weighted by atomic mass is 10.2. The Labute approximate surface area is 96.7 Å². The van der Waals surface area contributed by atoms with Crippen molar-refractivity contribution in [2.75, 3.05) is 19.8 Å². The Balaban J connectivity index is 2.00. The van der Waals surface area contributed by atoms with Crippen LogP contribution in [0.15, 0.2) is 11.4 Å². The molecule has 1 heterocycles. The van der Waals surface area contributed by atoms with Gasteiger partial charge >= 0.3 is 0 Å². The summed E-state index contributed by atoms with van der Waals surface area (Å²) >= 11 is 1.82. The molecule has 86 valence electrons. The number of thiophene rings is 1. The summed E-state index contributed by atoms with van der Waals surface area (Å²) in [6.07, 6.45) is 1.05. The van der Waals surface area contributed by atoms with Gasteiger partial charge in [0.05, 0.1) is 13.2 Å². The van der Waals surface area contributed by atoms with E-state index in [2.05, 4.69) is 37.5 Å². The molecular weight excluding hydrogens is 206 g/mol. The van der Waals surface area contributed by atoms with Crippen LogP contribution in [0.1, 0.15) is 24.3 Å². The molecule has 0 atom stereocenters. The SMILES string of the molecule is Cc1ccsc1CCOCCNC(C)C. The smallest absolute Gasteiger partial charge is 0.0591 e. The molecule has 0 unspecified atom stereocenters. The first-order valence-corrected chi connectivity index (χ1v) is 6.42. The van der Waals surface area contributed by atoms with Crippen molar-refractivity contribution in [3.63, 3.8) is 0 Å². The van der Waals surface area contributed by atoms with Crippen molar-refractivity contribution >= 4 is 11.3 Å². The maximum Gasteiger partial charge on any atom is 0.0591 e. The molecule has 0 aliphatic heterocycles. The largest absolute Gasteiger partial charge is 0.380 e. The van der Waals surface area contributed by atoms with Gasteiger partial charge in [-0.2, -0.15) is 0 Å². The summed E-state index contributed by atoms with van der Waals surface area (Å²) in [6, 6.07) is 2.72. The Morgan fingerprint density at radius 3 is 2.80 bits per heavy atom. The van der Waals surface area contributed by atoms with E-state index < -0.39 is 0 Å². The standard InChI is InChI=1S/C12H21NOS/c1-10(2)13-6-8-14-7-4-12-11(3)5-9-15-12/h5,9-10,13H,4,6-8H2,1-3H3. The second-order valence-corrected chi connectivity index (χ2v) is 5.00. The Bertz CT molecular complexity index is 270. The molecule has 0 bridgehead atoms. The lowest BCUT2D eigenvalue weighted by molar-refractivity contribution is 0.138. The number of rotatable bonds is 7. The Morgan fingerprint density at radius 1 is 1.40 bits per heavy atom. The van der Waals surface area contributed by atoms with E-state index in [0.717, 1.165) is 26.2 Å². The fraction of sp³-hybridized carbons (Fsp3) is 0.667. The molecule has 15 heavy (non-hydrogen) atoms. The summed E-state index contributed by atoms with van der Waals surface area (Å²) in [5.74, 6) is 0. The Hall–Kier alpha value is -0.380. The van der Waals surface area contributed by atoms with Crippen LogP contribution in [0.5, 0.6) is 0 Å². The molecule has 0 saturated heterocycles. The van der Waals surface area contributed by atoms with Gasteiger partial charge in [-0.05, 0) is 23.9 Å². The van der Waals surface area contributed by atoms with E-state index in [4.69, 9.17) is 4.74 Å². The quantitative estimate of drug-likeness (QED) is 0.723. The molecule has 1 aromatic rings. The minimum Gasteiger partial charge on any atom is -0.380 e. The molecule has 2 nitrogen and oxygen atoms in total. The molecule has 0 saturated carbocycles. The molecule has 0 aliphatic carbocycles. The minimum absolute atomic E-state index is 0.549. The normalized spacial score (nSPS) is 11.2. The van der Waals surface area contributed by atoms with E-state index in [1.165, 1.54) is 10.4 Å². The Morgan fingerprint density at radius 2 is 2.20 bits per heavy atom. The highest BCUT2D eigenvalue weighted by Crippen LogP contribution is 2.15. The van der Waals surface area contributed by atoms with Gasteiger partial charge in [0.25, 0.3) is 0 Å². The van der Waals surface area contributed by atoms with Crippen molar-refractivity contribution in [1.82, 2.24) is 5.32 Å². The maximum absolute atomic E-state index is 5.56. The predicted octanol–water partition coefficient (Wildman–Crippen LogP) is 2.61. The van der Waals surface area contributed by atoms with Crippen LogP contribution in [0, 0.1) is 6.92 Å². The van der Waals surface area contributed by atoms with E-state index in [1.807, 2.05) is 11.3 Å². The highest BCUT2D eigenvalue weighted by atomic mass is 32.1. The van der Waals surface area contributed by atoms with Crippen LogP contribution in [0.3, 0.4) is 0 Å². The molecule has 0 spiro atoms. The first-order valence-electron chi connectivity index (χ1n) is 5.54. The average Bonchev–Trinajstić information content (AvgIpc) is 2.57. The second kappa shape index (κ2) is 6.99. The number of aryl methyl sites for hydroxylation is 1. The maximum atomic E-state index is 5.56. The Kier molecular flexibility index (Phi) is 5.91. The zero-order valence-corrected chi connectivity index (χ0v) is 10.7. The fourth-order valence-electron chi connectivity index (χ4n) is 1.35. The number of nitrogens with one attached hydrogen (secondary N) is 1. The van der Waals surface area contributed by atoms with Crippen molar-refractivity contribution in [2.45, 2.75) is 33.2 Å². The molecule has 3 heteroatoms. The third-order valence-corrected chi connectivity index (χ3v) is 3.32. The zero-order chi connectivity index (χ0) is 11.1. The van der Waals surface area contributed by atoms with Crippen LogP contribution < -0.4 is 5.32 Å². The number of ether oxygens (including phenoxy) is 1. The molecule has 1 N–H and O–H groups in total. The van der Waals surface area contributed by atoms with Crippen molar-refractivity contribution in [3.8, 4) is 0 Å². The van der Waals surface area contributed by atoms with Crippen LogP contribution in [0.2, 0.25) is 0 Å². The molecular formula is C12H21NOS. The van der Waals surface area contributed by atoms with Crippen LogP contribution in [0.25, 0.3) is 0 Å². The van der Waals surface area contributed by atoms with Crippen LogP contribution in [-0.2, 0) is 11.2 Å². The van der Waals surface area contributed by atoms with E-state index >= 15 is 0 Å². The van der Waals surface area contributed by atoms with E-state index in [-0.39, 0.29) is 0 Å². The highest BCUT2D eigenvalue weighted by Gasteiger charge is 1.99. The molecule has 0 radical (unpaired) electrons. The fourth-order valence-corrected chi connectivity index (χ4v) is 2.24. The van der Waals surface area contributed by atoms with Gasteiger partial charge < -0.3 is 10.1 Å². The van der Waals surface area contributed by atoms with Crippen LogP contribution >= 0.6 is 11.3 Å². The van der Waals surface area contributed by atoms with Crippen molar-refractivity contribution in [3.05, 3.63) is 21.9 Å². The van der Waals surface area contributed by atoms with Gasteiger partial charge in [-0.25, -0.2) is 0 Å². The first-order chi connectivity index (χ1) is 7.20. The molecule has 1 rings (SSSR count). The van der Waals surface area contributed by atoms with Crippen LogP contribution in [0.4, 0.5) is 0 Å². The predicted molar refractivity (Wildman–Crippen MR) is 66.7 cm³/mol. The summed E-state index contributed by atoms with van der Waals surface area (Å²) in [5, 5.41) is 5.47. The lowest BCUT2D eigenvalue weighted by Crippen LogP contribution is -2.26. The van der Waals surface area contributed by atoms with Gasteiger partial charge in [-0.1, -0.05) is 13.8 Å². The highest BCUT2D eigenvalue weighted by molar-refractivity contribution is 7.10. The number of hydrogen-bond acceptors (Lipinski definition) is 3. The van der Waals surface area contributed by atoms with E-state index in [9.17, 15) is 0 Å². The summed E-state index contributed by atoms with van der Waals surface area (Å²) in [5.41, 5.74) is 1.39. The third kappa shape index (κ3) is 5.30. The molecule has 0 aliphatic rings. The summed E-state index contributed by atoms with van der Waals surface area (Å²) in [4.78, 5) is 1.45. The van der Waals surface area contributed by atoms with Crippen molar-refractivity contribution in [2.24, 2.45) is 0 Å². The first kappa shape index (κ1) is 12.7. The molecule has 0 aromatic carbocycles. The van der Waals surface area contributed by atoms with Crippen molar-refractivity contribution < 1.29 is 4.74 Å². The topological polar surface area (TPSA) is 21.3 Å². The van der Waals surface area contributed by atoms with Gasteiger partial charge in [0.15, 0.2) is 0 Å². The zero-order valence-electron chi connectivity index (χ0n) is 9.88.